The van der Waals surface area contributed by atoms with Gasteiger partial charge in [0.15, 0.2) is 5.82 Å². The standard InChI is InChI=1S/C5H6BF3N3S.K/c7-6(8,9)3-13-5-4(10)11-1-2-12-5;/h1-2H,3H2,(H2,10,11);/q-1;+1. The molecule has 0 saturated carbocycles. The van der Waals surface area contributed by atoms with Crippen LogP contribution in [0.4, 0.5) is 18.8 Å². The van der Waals surface area contributed by atoms with Crippen LogP contribution in [-0.4, -0.2) is 22.6 Å². The van der Waals surface area contributed by atoms with Crippen molar-refractivity contribution in [2.45, 2.75) is 5.03 Å². The van der Waals surface area contributed by atoms with Crippen molar-refractivity contribution in [3.05, 3.63) is 12.4 Å². The normalized spacial score (nSPS) is 10.8. The van der Waals surface area contributed by atoms with Gasteiger partial charge in [-0.05, 0) is 5.65 Å². The van der Waals surface area contributed by atoms with Gasteiger partial charge in [0, 0.05) is 12.4 Å². The average molecular weight is 247 g/mol. The molecule has 0 bridgehead atoms. The van der Waals surface area contributed by atoms with Crippen molar-refractivity contribution >= 4 is 24.6 Å². The summed E-state index contributed by atoms with van der Waals surface area (Å²) in [7, 11) is 0. The SMILES string of the molecule is Nc1nccnc1SC[B-](F)(F)F.[K+]. The van der Waals surface area contributed by atoms with Gasteiger partial charge in [0.05, 0.1) is 0 Å². The molecule has 0 aliphatic heterocycles. The van der Waals surface area contributed by atoms with Crippen LogP contribution in [0.15, 0.2) is 17.4 Å². The van der Waals surface area contributed by atoms with E-state index in [-0.39, 0.29) is 62.2 Å². The van der Waals surface area contributed by atoms with Crippen molar-refractivity contribution in [2.75, 3.05) is 11.4 Å². The zero-order valence-electron chi connectivity index (χ0n) is 7.45. The minimum Gasteiger partial charge on any atom is -0.448 e. The van der Waals surface area contributed by atoms with E-state index in [1.165, 1.54) is 12.4 Å². The molecule has 1 rings (SSSR count). The van der Waals surface area contributed by atoms with Crippen LogP contribution in [0.3, 0.4) is 0 Å². The van der Waals surface area contributed by atoms with Crippen molar-refractivity contribution in [2.24, 2.45) is 0 Å². The number of nitrogens with two attached hydrogens (primary N) is 1. The average Bonchev–Trinajstić information content (AvgIpc) is 2.01. The number of halogens is 3. The van der Waals surface area contributed by atoms with Gasteiger partial charge in [-0.1, -0.05) is 0 Å². The molecule has 3 nitrogen and oxygen atoms in total. The number of hydrogen-bond acceptors (Lipinski definition) is 4. The summed E-state index contributed by atoms with van der Waals surface area (Å²) in [5, 5.41) is 0.127. The number of rotatable bonds is 3. The van der Waals surface area contributed by atoms with E-state index in [2.05, 4.69) is 9.97 Å². The second-order valence-corrected chi connectivity index (χ2v) is 3.28. The Morgan fingerprint density at radius 2 is 1.86 bits per heavy atom. The molecule has 1 aromatic rings. The van der Waals surface area contributed by atoms with Crippen LogP contribution < -0.4 is 57.1 Å². The van der Waals surface area contributed by atoms with Crippen molar-refractivity contribution in [1.82, 2.24) is 9.97 Å². The third kappa shape index (κ3) is 5.57. The maximum absolute atomic E-state index is 11.8. The molecule has 0 atom stereocenters. The summed E-state index contributed by atoms with van der Waals surface area (Å²) in [6.45, 7) is -4.80. The topological polar surface area (TPSA) is 51.8 Å². The molecule has 1 aromatic heterocycles. The summed E-state index contributed by atoms with van der Waals surface area (Å²) >= 11 is 0.558. The molecule has 14 heavy (non-hydrogen) atoms. The van der Waals surface area contributed by atoms with Crippen LogP contribution >= 0.6 is 11.8 Å². The Morgan fingerprint density at radius 1 is 1.29 bits per heavy atom. The van der Waals surface area contributed by atoms with E-state index in [1.807, 2.05) is 0 Å². The third-order valence-corrected chi connectivity index (χ3v) is 2.23. The molecule has 0 aromatic carbocycles. The number of thioether (sulfide) groups is 1. The maximum Gasteiger partial charge on any atom is 1.00 e. The minimum atomic E-state index is -4.80. The molecular weight excluding hydrogens is 241 g/mol. The fraction of sp³-hybridized carbons (Fsp3) is 0.200. The number of nitrogens with zero attached hydrogens (tertiary/aromatic N) is 2. The minimum absolute atomic E-state index is 0. The van der Waals surface area contributed by atoms with Crippen molar-refractivity contribution in [3.63, 3.8) is 0 Å². The Morgan fingerprint density at radius 3 is 2.36 bits per heavy atom. The van der Waals surface area contributed by atoms with Gasteiger partial charge in [-0.25, -0.2) is 9.97 Å². The number of nitrogen functional groups attached to an aromatic ring is 1. The number of hydrogen-bond donors (Lipinski definition) is 1. The maximum atomic E-state index is 11.8. The van der Waals surface area contributed by atoms with Gasteiger partial charge in [-0.3, -0.25) is 0 Å². The molecule has 72 valence electrons. The van der Waals surface area contributed by atoms with E-state index < -0.39 is 12.6 Å². The summed E-state index contributed by atoms with van der Waals surface area (Å²) in [5.74, 6) is 0.0348. The van der Waals surface area contributed by atoms with Gasteiger partial charge in [-0.2, -0.15) is 0 Å². The van der Waals surface area contributed by atoms with E-state index >= 15 is 0 Å². The van der Waals surface area contributed by atoms with E-state index in [0.29, 0.717) is 11.8 Å². The molecule has 2 N–H and O–H groups in total. The molecule has 0 amide bonds. The van der Waals surface area contributed by atoms with Crippen molar-refractivity contribution in [1.29, 1.82) is 0 Å². The Bertz CT molecular complexity index is 298. The first-order chi connectivity index (χ1) is 5.99. The Hall–Kier alpha value is 0.721. The van der Waals surface area contributed by atoms with Crippen LogP contribution in [0.2, 0.25) is 0 Å². The predicted octanol–water partition coefficient (Wildman–Crippen LogP) is -1.46. The molecule has 9 heteroatoms. The second kappa shape index (κ2) is 6.34. The van der Waals surface area contributed by atoms with Crippen molar-refractivity contribution in [3.8, 4) is 0 Å². The van der Waals surface area contributed by atoms with E-state index in [4.69, 9.17) is 5.73 Å². The monoisotopic (exact) mass is 247 g/mol. The Labute approximate surface area is 126 Å². The molecule has 0 aliphatic rings. The molecule has 1 heterocycles. The smallest absolute Gasteiger partial charge is 0.448 e. The summed E-state index contributed by atoms with van der Waals surface area (Å²) in [6, 6.07) is 0. The molecule has 0 radical (unpaired) electrons. The second-order valence-electron chi connectivity index (χ2n) is 2.27. The largest absolute Gasteiger partial charge is 1.00 e. The summed E-state index contributed by atoms with van der Waals surface area (Å²) in [4.78, 5) is 7.28. The molecule has 0 saturated heterocycles. The van der Waals surface area contributed by atoms with Gasteiger partial charge in [0.25, 0.3) is 0 Å². The summed E-state index contributed by atoms with van der Waals surface area (Å²) in [6.07, 6.45) is 2.64. The number of anilines is 1. The van der Waals surface area contributed by atoms with Crippen LogP contribution in [0.1, 0.15) is 0 Å². The van der Waals surface area contributed by atoms with Gasteiger partial charge >= 0.3 is 58.4 Å². The predicted molar refractivity (Wildman–Crippen MR) is 46.2 cm³/mol. The first kappa shape index (κ1) is 14.7. The number of aromatic nitrogens is 2. The first-order valence-electron chi connectivity index (χ1n) is 3.39. The van der Waals surface area contributed by atoms with E-state index in [9.17, 15) is 12.9 Å². The molecule has 0 unspecified atom stereocenters. The quantitative estimate of drug-likeness (QED) is 0.524. The van der Waals surface area contributed by atoms with Gasteiger partial charge in [0.2, 0.25) is 0 Å². The third-order valence-electron chi connectivity index (χ3n) is 1.10. The molecule has 0 fully saturated rings. The summed E-state index contributed by atoms with van der Waals surface area (Å²) < 4.78 is 35.5. The van der Waals surface area contributed by atoms with Crippen LogP contribution in [-0.2, 0) is 0 Å². The Kier molecular flexibility index (Phi) is 6.66. The molecular formula is C5H6BF3KN3S. The van der Waals surface area contributed by atoms with Gasteiger partial charge in [0.1, 0.15) is 5.03 Å². The van der Waals surface area contributed by atoms with E-state index in [0.717, 1.165) is 0 Å². The molecule has 0 aliphatic carbocycles. The van der Waals surface area contributed by atoms with Crippen LogP contribution in [0, 0.1) is 0 Å². The Balaban J connectivity index is 0.00000169. The van der Waals surface area contributed by atoms with Gasteiger partial charge < -0.3 is 18.7 Å². The first-order valence-corrected chi connectivity index (χ1v) is 4.38. The fourth-order valence-corrected chi connectivity index (χ4v) is 1.30. The summed E-state index contributed by atoms with van der Waals surface area (Å²) in [5.41, 5.74) is 4.35. The molecule has 0 spiro atoms. The zero-order chi connectivity index (χ0) is 9.90. The van der Waals surface area contributed by atoms with E-state index in [1.54, 1.807) is 0 Å². The zero-order valence-corrected chi connectivity index (χ0v) is 11.4. The fourth-order valence-electron chi connectivity index (χ4n) is 0.621. The van der Waals surface area contributed by atoms with Gasteiger partial charge in [-0.15, -0.1) is 11.8 Å². The van der Waals surface area contributed by atoms with Crippen LogP contribution in [0.5, 0.6) is 0 Å². The van der Waals surface area contributed by atoms with Crippen LogP contribution in [0.25, 0.3) is 0 Å². The van der Waals surface area contributed by atoms with Crippen molar-refractivity contribution < 1.29 is 64.3 Å².